The van der Waals surface area contributed by atoms with E-state index in [1.165, 1.54) is 0 Å². The Kier molecular flexibility index (Phi) is 4.32. The highest BCUT2D eigenvalue weighted by Crippen LogP contribution is 2.25. The molecule has 0 spiro atoms. The van der Waals surface area contributed by atoms with E-state index in [1.807, 2.05) is 66.2 Å². The summed E-state index contributed by atoms with van der Waals surface area (Å²) in [5.41, 5.74) is 4.68. The van der Waals surface area contributed by atoms with E-state index in [0.717, 1.165) is 41.8 Å². The second-order valence-electron chi connectivity index (χ2n) is 7.03. The second kappa shape index (κ2) is 6.78. The van der Waals surface area contributed by atoms with Gasteiger partial charge in [-0.15, -0.1) is 0 Å². The Balaban J connectivity index is 1.52. The smallest absolute Gasteiger partial charge is 0.271 e. The summed E-state index contributed by atoms with van der Waals surface area (Å²) in [4.78, 5) is 14.8. The first-order valence-electron chi connectivity index (χ1n) is 9.03. The standard InChI is InChI=1S/C20H23N5O/c1-14-11-21-25(12-14)16-7-5-9-24(13-16)20(26)19-10-18(22-23-19)17-8-4-3-6-15(17)2/h3-4,6,8,10-12,16H,5,7,9,13H2,1-2H3,(H,22,23)/t16-/m1/s1. The highest BCUT2D eigenvalue weighted by Gasteiger charge is 2.27. The van der Waals surface area contributed by atoms with E-state index in [-0.39, 0.29) is 11.9 Å². The van der Waals surface area contributed by atoms with Crippen LogP contribution in [-0.4, -0.2) is 43.9 Å². The second-order valence-corrected chi connectivity index (χ2v) is 7.03. The monoisotopic (exact) mass is 349 g/mol. The highest BCUT2D eigenvalue weighted by atomic mass is 16.2. The van der Waals surface area contributed by atoms with Crippen LogP contribution >= 0.6 is 0 Å². The van der Waals surface area contributed by atoms with Crippen molar-refractivity contribution in [2.24, 2.45) is 0 Å². The third-order valence-corrected chi connectivity index (χ3v) is 5.02. The van der Waals surface area contributed by atoms with Crippen LogP contribution in [0.25, 0.3) is 11.3 Å². The van der Waals surface area contributed by atoms with Crippen molar-refractivity contribution in [3.8, 4) is 11.3 Å². The molecule has 6 heteroatoms. The average Bonchev–Trinajstić information content (AvgIpc) is 3.31. The van der Waals surface area contributed by atoms with Crippen molar-refractivity contribution in [2.45, 2.75) is 32.7 Å². The zero-order valence-corrected chi connectivity index (χ0v) is 15.1. The van der Waals surface area contributed by atoms with Crippen LogP contribution in [0.4, 0.5) is 0 Å². The first-order valence-corrected chi connectivity index (χ1v) is 9.03. The molecule has 0 unspecified atom stereocenters. The van der Waals surface area contributed by atoms with Crippen molar-refractivity contribution >= 4 is 5.91 Å². The van der Waals surface area contributed by atoms with Gasteiger partial charge in [0.2, 0.25) is 0 Å². The Hall–Kier alpha value is -2.89. The van der Waals surface area contributed by atoms with Crippen LogP contribution < -0.4 is 0 Å². The van der Waals surface area contributed by atoms with Crippen LogP contribution in [0.5, 0.6) is 0 Å². The molecule has 1 aromatic carbocycles. The Bertz CT molecular complexity index is 926. The van der Waals surface area contributed by atoms with Gasteiger partial charge in [0.15, 0.2) is 0 Å². The summed E-state index contributed by atoms with van der Waals surface area (Å²) < 4.78 is 1.99. The SMILES string of the molecule is Cc1cnn([C@@H]2CCCN(C(=O)c3cc(-c4ccccc4C)n[nH]3)C2)c1. The number of carbonyl (C=O) groups excluding carboxylic acids is 1. The zero-order valence-electron chi connectivity index (χ0n) is 15.1. The van der Waals surface area contributed by atoms with Crippen LogP contribution in [0.2, 0.25) is 0 Å². The molecule has 26 heavy (non-hydrogen) atoms. The van der Waals surface area contributed by atoms with Crippen molar-refractivity contribution in [3.05, 3.63) is 59.5 Å². The molecule has 1 aliphatic rings. The van der Waals surface area contributed by atoms with Crippen molar-refractivity contribution in [1.29, 1.82) is 0 Å². The largest absolute Gasteiger partial charge is 0.335 e. The van der Waals surface area contributed by atoms with Crippen molar-refractivity contribution in [1.82, 2.24) is 24.9 Å². The van der Waals surface area contributed by atoms with Gasteiger partial charge >= 0.3 is 0 Å². The molecule has 3 heterocycles. The molecule has 0 radical (unpaired) electrons. The maximum absolute atomic E-state index is 12.9. The molecular weight excluding hydrogens is 326 g/mol. The molecule has 0 aliphatic carbocycles. The predicted octanol–water partition coefficient (Wildman–Crippen LogP) is 3.37. The topological polar surface area (TPSA) is 66.8 Å². The van der Waals surface area contributed by atoms with Gasteiger partial charge in [0.1, 0.15) is 5.69 Å². The van der Waals surface area contributed by atoms with E-state index >= 15 is 0 Å². The Morgan fingerprint density at radius 1 is 1.27 bits per heavy atom. The van der Waals surface area contributed by atoms with Gasteiger partial charge in [-0.05, 0) is 43.9 Å². The van der Waals surface area contributed by atoms with Crippen molar-refractivity contribution in [2.75, 3.05) is 13.1 Å². The van der Waals surface area contributed by atoms with E-state index < -0.39 is 0 Å². The third kappa shape index (κ3) is 3.14. The van der Waals surface area contributed by atoms with E-state index in [1.54, 1.807) is 0 Å². The van der Waals surface area contributed by atoms with Crippen molar-refractivity contribution in [3.63, 3.8) is 0 Å². The molecule has 0 saturated carbocycles. The van der Waals surface area contributed by atoms with Gasteiger partial charge in [-0.2, -0.15) is 10.2 Å². The number of likely N-dealkylation sites (tertiary alicyclic amines) is 1. The Morgan fingerprint density at radius 3 is 2.88 bits per heavy atom. The van der Waals surface area contributed by atoms with Crippen LogP contribution in [0.1, 0.15) is 40.5 Å². The normalized spacial score (nSPS) is 17.5. The van der Waals surface area contributed by atoms with Gasteiger partial charge in [-0.3, -0.25) is 14.6 Å². The third-order valence-electron chi connectivity index (χ3n) is 5.02. The number of amides is 1. The van der Waals surface area contributed by atoms with Gasteiger partial charge in [0, 0.05) is 24.8 Å². The van der Waals surface area contributed by atoms with Crippen molar-refractivity contribution < 1.29 is 4.79 Å². The van der Waals surface area contributed by atoms with Gasteiger partial charge in [0.05, 0.1) is 17.9 Å². The number of hydrogen-bond acceptors (Lipinski definition) is 3. The van der Waals surface area contributed by atoms with Crippen LogP contribution in [0.15, 0.2) is 42.7 Å². The molecule has 1 aliphatic heterocycles. The van der Waals surface area contributed by atoms with Gasteiger partial charge in [-0.25, -0.2) is 0 Å². The highest BCUT2D eigenvalue weighted by molar-refractivity contribution is 5.93. The van der Waals surface area contributed by atoms with E-state index in [0.29, 0.717) is 12.2 Å². The number of hydrogen-bond donors (Lipinski definition) is 1. The maximum Gasteiger partial charge on any atom is 0.271 e. The molecule has 134 valence electrons. The summed E-state index contributed by atoms with van der Waals surface area (Å²) in [5.74, 6) is 0.00547. The fourth-order valence-electron chi connectivity index (χ4n) is 3.59. The number of rotatable bonds is 3. The fourth-order valence-corrected chi connectivity index (χ4v) is 3.59. The lowest BCUT2D eigenvalue weighted by Crippen LogP contribution is -2.41. The molecule has 2 aromatic heterocycles. The summed E-state index contributed by atoms with van der Waals surface area (Å²) in [6, 6.07) is 10.2. The molecular formula is C20H23N5O. The lowest BCUT2D eigenvalue weighted by molar-refractivity contribution is 0.0667. The number of carbonyl (C=O) groups is 1. The number of aromatic nitrogens is 4. The Morgan fingerprint density at radius 2 is 2.12 bits per heavy atom. The summed E-state index contributed by atoms with van der Waals surface area (Å²) >= 11 is 0. The molecule has 1 fully saturated rings. The Labute approximate surface area is 152 Å². The number of H-pyrrole nitrogens is 1. The quantitative estimate of drug-likeness (QED) is 0.788. The van der Waals surface area contributed by atoms with Crippen LogP contribution in [-0.2, 0) is 0 Å². The molecule has 1 N–H and O–H groups in total. The number of piperidine rings is 1. The molecule has 6 nitrogen and oxygen atoms in total. The van der Waals surface area contributed by atoms with E-state index in [2.05, 4.69) is 15.3 Å². The number of nitrogens with zero attached hydrogens (tertiary/aromatic N) is 4. The lowest BCUT2D eigenvalue weighted by atomic mass is 10.0. The molecule has 4 rings (SSSR count). The zero-order chi connectivity index (χ0) is 18.1. The minimum Gasteiger partial charge on any atom is -0.335 e. The molecule has 1 atom stereocenters. The number of benzene rings is 1. The summed E-state index contributed by atoms with van der Waals surface area (Å²) in [5, 5.41) is 11.7. The minimum atomic E-state index is 0.00547. The maximum atomic E-state index is 12.9. The fraction of sp³-hybridized carbons (Fsp3) is 0.350. The van der Waals surface area contributed by atoms with Crippen LogP contribution in [0, 0.1) is 13.8 Å². The lowest BCUT2D eigenvalue weighted by Gasteiger charge is -2.32. The number of aryl methyl sites for hydroxylation is 2. The summed E-state index contributed by atoms with van der Waals surface area (Å²) in [6.45, 7) is 5.53. The first-order chi connectivity index (χ1) is 12.6. The molecule has 1 amide bonds. The molecule has 1 saturated heterocycles. The molecule has 0 bridgehead atoms. The number of aromatic amines is 1. The number of nitrogens with one attached hydrogen (secondary N) is 1. The average molecular weight is 349 g/mol. The first kappa shape index (κ1) is 16.6. The summed E-state index contributed by atoms with van der Waals surface area (Å²) in [7, 11) is 0. The van der Waals surface area contributed by atoms with Crippen LogP contribution in [0.3, 0.4) is 0 Å². The van der Waals surface area contributed by atoms with E-state index in [4.69, 9.17) is 0 Å². The summed E-state index contributed by atoms with van der Waals surface area (Å²) in [6.07, 6.45) is 5.94. The van der Waals surface area contributed by atoms with E-state index in [9.17, 15) is 4.79 Å². The minimum absolute atomic E-state index is 0.00547. The molecule has 3 aromatic rings. The van der Waals surface area contributed by atoms with Gasteiger partial charge < -0.3 is 4.90 Å². The predicted molar refractivity (Wildman–Crippen MR) is 99.9 cm³/mol. The van der Waals surface area contributed by atoms with Gasteiger partial charge in [0.25, 0.3) is 5.91 Å². The van der Waals surface area contributed by atoms with Gasteiger partial charge in [-0.1, -0.05) is 24.3 Å².